The first-order chi connectivity index (χ1) is 24.0. The maximum atomic E-state index is 2.51. The van der Waals surface area contributed by atoms with Crippen molar-refractivity contribution in [2.45, 2.75) is 19.3 Å². The molecule has 0 spiro atoms. The molecule has 0 unspecified atom stereocenters. The molecule has 0 amide bonds. The molecular weight excluding hydrogens is 611 g/mol. The van der Waals surface area contributed by atoms with Crippen molar-refractivity contribution in [3.8, 4) is 22.3 Å². The van der Waals surface area contributed by atoms with Crippen LogP contribution < -0.4 is 4.90 Å². The number of fused-ring (bicyclic) bond motifs is 8. The summed E-state index contributed by atoms with van der Waals surface area (Å²) in [6, 6.07) is 60.8. The molecule has 1 aliphatic rings. The molecule has 1 heterocycles. The molecule has 0 saturated carbocycles. The maximum absolute atomic E-state index is 2.51. The Bertz CT molecular complexity index is 2770. The van der Waals surface area contributed by atoms with Crippen molar-refractivity contribution in [1.82, 2.24) is 0 Å². The number of benzene rings is 8. The van der Waals surface area contributed by atoms with Crippen LogP contribution in [0.4, 0.5) is 17.1 Å². The molecule has 8 aromatic carbocycles. The van der Waals surface area contributed by atoms with Crippen molar-refractivity contribution in [1.29, 1.82) is 0 Å². The normalized spacial score (nSPS) is 13.3. The highest BCUT2D eigenvalue weighted by Crippen LogP contribution is 2.55. The summed E-state index contributed by atoms with van der Waals surface area (Å²) in [5, 5.41) is 7.67. The van der Waals surface area contributed by atoms with Gasteiger partial charge >= 0.3 is 0 Å². The van der Waals surface area contributed by atoms with Crippen molar-refractivity contribution >= 4 is 70.1 Å². The molecule has 1 nitrogen and oxygen atoms in total. The van der Waals surface area contributed by atoms with E-state index in [1.807, 2.05) is 11.3 Å². The van der Waals surface area contributed by atoms with E-state index in [-0.39, 0.29) is 5.41 Å². The van der Waals surface area contributed by atoms with Crippen molar-refractivity contribution in [2.24, 2.45) is 0 Å². The molecule has 0 radical (unpaired) electrons. The van der Waals surface area contributed by atoms with Gasteiger partial charge in [0.2, 0.25) is 0 Å². The van der Waals surface area contributed by atoms with Gasteiger partial charge in [0.15, 0.2) is 0 Å². The Balaban J connectivity index is 1.25. The zero-order valence-electron chi connectivity index (χ0n) is 27.4. The van der Waals surface area contributed by atoms with Crippen LogP contribution in [0.1, 0.15) is 25.0 Å². The standard InChI is InChI=1S/C47H33NS/c1-47(2)40-17-8-5-16-38(40)46-41(47)18-11-20-43(46)48(42-19-9-6-14-36(42)33-23-22-30-12-3-4-13-31(30)26-33)35-25-24-32-28-39-37-15-7-10-21-44(37)49-45(39)29-34(32)27-35/h3-29H,1-2H3. The third kappa shape index (κ3) is 4.31. The fourth-order valence-electron chi connectivity index (χ4n) is 8.19. The average molecular weight is 644 g/mol. The third-order valence-corrected chi connectivity index (χ3v) is 11.7. The van der Waals surface area contributed by atoms with Crippen LogP contribution in [0.15, 0.2) is 164 Å². The lowest BCUT2D eigenvalue weighted by atomic mass is 9.82. The van der Waals surface area contributed by atoms with Gasteiger partial charge in [0.1, 0.15) is 0 Å². The molecule has 0 N–H and O–H groups in total. The fourth-order valence-corrected chi connectivity index (χ4v) is 9.33. The van der Waals surface area contributed by atoms with Gasteiger partial charge in [-0.1, -0.05) is 129 Å². The van der Waals surface area contributed by atoms with Crippen molar-refractivity contribution in [3.63, 3.8) is 0 Å². The predicted octanol–water partition coefficient (Wildman–Crippen LogP) is 13.8. The molecular formula is C47H33NS. The molecule has 1 aliphatic carbocycles. The second-order valence-electron chi connectivity index (χ2n) is 13.8. The summed E-state index contributed by atoms with van der Waals surface area (Å²) in [6.45, 7) is 4.72. The van der Waals surface area contributed by atoms with Gasteiger partial charge in [-0.3, -0.25) is 0 Å². The second-order valence-corrected chi connectivity index (χ2v) is 14.8. The number of nitrogens with zero attached hydrogens (tertiary/aromatic N) is 1. The van der Waals surface area contributed by atoms with E-state index in [0.29, 0.717) is 0 Å². The zero-order chi connectivity index (χ0) is 32.7. The summed E-state index contributed by atoms with van der Waals surface area (Å²) >= 11 is 1.88. The van der Waals surface area contributed by atoms with Gasteiger partial charge in [0, 0.05) is 42.4 Å². The zero-order valence-corrected chi connectivity index (χ0v) is 28.3. The second kappa shape index (κ2) is 10.7. The summed E-state index contributed by atoms with van der Waals surface area (Å²) in [7, 11) is 0. The van der Waals surface area contributed by atoms with E-state index in [9.17, 15) is 0 Å². The Labute approximate surface area is 290 Å². The average Bonchev–Trinajstić information content (AvgIpc) is 3.62. The summed E-state index contributed by atoms with van der Waals surface area (Å²) in [5.74, 6) is 0. The van der Waals surface area contributed by atoms with Gasteiger partial charge in [-0.05, 0) is 92.3 Å². The Hall–Kier alpha value is -5.70. The molecule has 0 fully saturated rings. The number of hydrogen-bond donors (Lipinski definition) is 0. The highest BCUT2D eigenvalue weighted by atomic mass is 32.1. The molecule has 0 bridgehead atoms. The Morgan fingerprint density at radius 1 is 0.449 bits per heavy atom. The first-order valence-corrected chi connectivity index (χ1v) is 17.8. The highest BCUT2D eigenvalue weighted by molar-refractivity contribution is 7.25. The molecule has 9 aromatic rings. The third-order valence-electron chi connectivity index (χ3n) is 10.6. The van der Waals surface area contributed by atoms with Crippen LogP contribution in [0.2, 0.25) is 0 Å². The van der Waals surface area contributed by atoms with E-state index in [1.165, 1.54) is 80.8 Å². The highest BCUT2D eigenvalue weighted by Gasteiger charge is 2.38. The molecule has 1 aromatic heterocycles. The summed E-state index contributed by atoms with van der Waals surface area (Å²) < 4.78 is 2.66. The molecule has 0 atom stereocenters. The van der Waals surface area contributed by atoms with E-state index in [4.69, 9.17) is 0 Å². The van der Waals surface area contributed by atoms with Crippen LogP contribution in [0.5, 0.6) is 0 Å². The van der Waals surface area contributed by atoms with Crippen LogP contribution >= 0.6 is 11.3 Å². The van der Waals surface area contributed by atoms with Crippen LogP contribution in [0, 0.1) is 0 Å². The Morgan fingerprint density at radius 3 is 2.06 bits per heavy atom. The lowest BCUT2D eigenvalue weighted by Gasteiger charge is -2.31. The van der Waals surface area contributed by atoms with Gasteiger partial charge in [-0.15, -0.1) is 11.3 Å². The summed E-state index contributed by atoms with van der Waals surface area (Å²) in [4.78, 5) is 2.51. The number of para-hydroxylation sites is 1. The SMILES string of the molecule is CC1(C)c2ccccc2-c2c(N(c3ccc4cc5c(cc4c3)sc3ccccc35)c3ccccc3-c3ccc4ccccc4c3)cccc21. The molecule has 10 rings (SSSR count). The minimum Gasteiger partial charge on any atom is -0.309 e. The Morgan fingerprint density at radius 2 is 1.14 bits per heavy atom. The van der Waals surface area contributed by atoms with Gasteiger partial charge in [0.05, 0.1) is 11.4 Å². The van der Waals surface area contributed by atoms with Crippen molar-refractivity contribution in [2.75, 3.05) is 4.90 Å². The molecule has 232 valence electrons. The lowest BCUT2D eigenvalue weighted by Crippen LogP contribution is -2.16. The van der Waals surface area contributed by atoms with E-state index < -0.39 is 0 Å². The number of thiophene rings is 1. The van der Waals surface area contributed by atoms with E-state index in [0.717, 1.165) is 11.4 Å². The van der Waals surface area contributed by atoms with Crippen molar-refractivity contribution < 1.29 is 0 Å². The Kier molecular flexibility index (Phi) is 6.16. The van der Waals surface area contributed by atoms with Crippen LogP contribution in [0.3, 0.4) is 0 Å². The monoisotopic (exact) mass is 643 g/mol. The first kappa shape index (κ1) is 28.3. The topological polar surface area (TPSA) is 3.24 Å². The van der Waals surface area contributed by atoms with Gasteiger partial charge in [-0.2, -0.15) is 0 Å². The van der Waals surface area contributed by atoms with E-state index >= 15 is 0 Å². The quantitative estimate of drug-likeness (QED) is 0.184. The molecule has 0 aliphatic heterocycles. The largest absolute Gasteiger partial charge is 0.309 e. The summed E-state index contributed by atoms with van der Waals surface area (Å²) in [6.07, 6.45) is 0. The van der Waals surface area contributed by atoms with Gasteiger partial charge in [-0.25, -0.2) is 0 Å². The predicted molar refractivity (Wildman–Crippen MR) is 212 cm³/mol. The number of rotatable bonds is 4. The van der Waals surface area contributed by atoms with Gasteiger partial charge in [0.25, 0.3) is 0 Å². The minimum absolute atomic E-state index is 0.0956. The van der Waals surface area contributed by atoms with Crippen LogP contribution in [-0.4, -0.2) is 0 Å². The number of hydrogen-bond acceptors (Lipinski definition) is 2. The first-order valence-electron chi connectivity index (χ1n) is 17.0. The van der Waals surface area contributed by atoms with E-state index in [1.54, 1.807) is 0 Å². The molecule has 0 saturated heterocycles. The van der Waals surface area contributed by atoms with E-state index in [2.05, 4.69) is 183 Å². The molecule has 2 heteroatoms. The van der Waals surface area contributed by atoms with Gasteiger partial charge < -0.3 is 4.90 Å². The summed E-state index contributed by atoms with van der Waals surface area (Å²) in [5.41, 5.74) is 11.2. The van der Waals surface area contributed by atoms with Crippen LogP contribution in [-0.2, 0) is 5.41 Å². The fraction of sp³-hybridized carbons (Fsp3) is 0.0638. The lowest BCUT2D eigenvalue weighted by molar-refractivity contribution is 0.660. The smallest absolute Gasteiger partial charge is 0.0543 e. The minimum atomic E-state index is -0.0956. The maximum Gasteiger partial charge on any atom is 0.0543 e. The number of anilines is 3. The van der Waals surface area contributed by atoms with Crippen molar-refractivity contribution in [3.05, 3.63) is 175 Å². The molecule has 49 heavy (non-hydrogen) atoms. The van der Waals surface area contributed by atoms with Crippen LogP contribution in [0.25, 0.3) is 64.0 Å².